The number of carbonyl (C=O) groups is 4. The molecule has 0 aromatic carbocycles. The first kappa shape index (κ1) is 17.5. The third-order valence-corrected chi connectivity index (χ3v) is 3.80. The minimum atomic E-state index is -1.04. The van der Waals surface area contributed by atoms with Gasteiger partial charge < -0.3 is 4.74 Å². The van der Waals surface area contributed by atoms with Crippen molar-refractivity contribution in [2.45, 2.75) is 58.8 Å². The molecule has 1 saturated carbocycles. The molecule has 21 heavy (non-hydrogen) atoms. The summed E-state index contributed by atoms with van der Waals surface area (Å²) in [4.78, 5) is 46.9. The van der Waals surface area contributed by atoms with Crippen molar-refractivity contribution < 1.29 is 23.9 Å². The molecule has 0 spiro atoms. The van der Waals surface area contributed by atoms with Crippen LogP contribution in [0.1, 0.15) is 58.8 Å². The fraction of sp³-hybridized carbons (Fsp3) is 0.750. The topological polar surface area (TPSA) is 77.5 Å². The Balaban J connectivity index is 2.37. The molecule has 1 rings (SSSR count). The van der Waals surface area contributed by atoms with Crippen LogP contribution in [0.2, 0.25) is 0 Å². The molecule has 0 bridgehead atoms. The van der Waals surface area contributed by atoms with Crippen molar-refractivity contribution in [3.8, 4) is 0 Å². The summed E-state index contributed by atoms with van der Waals surface area (Å²) in [6.45, 7) is 3.74. The fourth-order valence-corrected chi connectivity index (χ4v) is 2.74. The standard InChI is InChI=1S/C16H24O5/c1-16(2)9-12(18)15(13(19)10-16)11(17)7-5-4-6-8-14(20)21-3/h15H,4-10H2,1-3H3. The minimum Gasteiger partial charge on any atom is -0.469 e. The number of rotatable bonds is 7. The molecule has 1 fully saturated rings. The Bertz CT molecular complexity index is 416. The van der Waals surface area contributed by atoms with Crippen LogP contribution < -0.4 is 0 Å². The summed E-state index contributed by atoms with van der Waals surface area (Å²) in [6.07, 6.45) is 3.09. The number of ether oxygens (including phenoxy) is 1. The maximum atomic E-state index is 12.0. The van der Waals surface area contributed by atoms with E-state index in [1.54, 1.807) is 0 Å². The van der Waals surface area contributed by atoms with E-state index >= 15 is 0 Å². The van der Waals surface area contributed by atoms with Crippen LogP contribution in [0, 0.1) is 11.3 Å². The van der Waals surface area contributed by atoms with Gasteiger partial charge in [-0.25, -0.2) is 0 Å². The van der Waals surface area contributed by atoms with Crippen molar-refractivity contribution in [2.24, 2.45) is 11.3 Å². The van der Waals surface area contributed by atoms with Crippen LogP contribution in [0.4, 0.5) is 0 Å². The predicted molar refractivity (Wildman–Crippen MR) is 76.6 cm³/mol. The third kappa shape index (κ3) is 5.40. The van der Waals surface area contributed by atoms with Gasteiger partial charge in [0, 0.05) is 25.7 Å². The highest BCUT2D eigenvalue weighted by Crippen LogP contribution is 2.34. The van der Waals surface area contributed by atoms with Crippen molar-refractivity contribution in [2.75, 3.05) is 7.11 Å². The average Bonchev–Trinajstić information content (AvgIpc) is 2.35. The first-order chi connectivity index (χ1) is 9.76. The number of unbranched alkanes of at least 4 members (excludes halogenated alkanes) is 2. The fourth-order valence-electron chi connectivity index (χ4n) is 2.74. The van der Waals surface area contributed by atoms with Crippen LogP contribution in [0.25, 0.3) is 0 Å². The molecular formula is C16H24O5. The van der Waals surface area contributed by atoms with E-state index in [0.717, 1.165) is 0 Å². The summed E-state index contributed by atoms with van der Waals surface area (Å²) in [5.74, 6) is -2.05. The number of esters is 1. The highest BCUT2D eigenvalue weighted by Gasteiger charge is 2.42. The average molecular weight is 296 g/mol. The molecule has 0 aromatic rings. The lowest BCUT2D eigenvalue weighted by Gasteiger charge is -2.31. The maximum Gasteiger partial charge on any atom is 0.305 e. The van der Waals surface area contributed by atoms with Crippen LogP contribution in [-0.2, 0) is 23.9 Å². The quantitative estimate of drug-likeness (QED) is 0.409. The van der Waals surface area contributed by atoms with Gasteiger partial charge in [0.1, 0.15) is 5.92 Å². The largest absolute Gasteiger partial charge is 0.469 e. The summed E-state index contributed by atoms with van der Waals surface area (Å²) in [5, 5.41) is 0. The molecule has 0 heterocycles. The highest BCUT2D eigenvalue weighted by atomic mass is 16.5. The molecule has 118 valence electrons. The molecule has 0 atom stereocenters. The summed E-state index contributed by atoms with van der Waals surface area (Å²) in [5.41, 5.74) is -0.328. The van der Waals surface area contributed by atoms with Gasteiger partial charge in [-0.1, -0.05) is 20.3 Å². The number of hydrogen-bond acceptors (Lipinski definition) is 5. The Hall–Kier alpha value is -1.52. The second-order valence-corrected chi connectivity index (χ2v) is 6.49. The molecule has 0 aromatic heterocycles. The van der Waals surface area contributed by atoms with Crippen LogP contribution >= 0.6 is 0 Å². The van der Waals surface area contributed by atoms with Gasteiger partial charge in [-0.15, -0.1) is 0 Å². The molecule has 0 amide bonds. The monoisotopic (exact) mass is 296 g/mol. The van der Waals surface area contributed by atoms with Gasteiger partial charge in [-0.05, 0) is 18.3 Å². The van der Waals surface area contributed by atoms with Crippen molar-refractivity contribution in [3.05, 3.63) is 0 Å². The summed E-state index contributed by atoms with van der Waals surface area (Å²) in [7, 11) is 1.34. The molecule has 0 N–H and O–H groups in total. The predicted octanol–water partition coefficient (Wildman–Crippen LogP) is 2.25. The zero-order chi connectivity index (χ0) is 16.0. The molecular weight excluding hydrogens is 272 g/mol. The number of hydrogen-bond donors (Lipinski definition) is 0. The first-order valence-corrected chi connectivity index (χ1v) is 7.42. The van der Waals surface area contributed by atoms with Crippen LogP contribution in [0.3, 0.4) is 0 Å². The summed E-state index contributed by atoms with van der Waals surface area (Å²) >= 11 is 0. The van der Waals surface area contributed by atoms with E-state index in [-0.39, 0.29) is 48.0 Å². The van der Waals surface area contributed by atoms with E-state index in [9.17, 15) is 19.2 Å². The van der Waals surface area contributed by atoms with Gasteiger partial charge >= 0.3 is 5.97 Å². The Morgan fingerprint density at radius 1 is 1.05 bits per heavy atom. The van der Waals surface area contributed by atoms with Crippen LogP contribution in [-0.4, -0.2) is 30.4 Å². The Kier molecular flexibility index (Phi) is 6.24. The second kappa shape index (κ2) is 7.48. The van der Waals surface area contributed by atoms with Gasteiger partial charge in [0.05, 0.1) is 7.11 Å². The third-order valence-electron chi connectivity index (χ3n) is 3.80. The SMILES string of the molecule is COC(=O)CCCCCC(=O)C1C(=O)CC(C)(C)CC1=O. The second-order valence-electron chi connectivity index (χ2n) is 6.49. The van der Waals surface area contributed by atoms with Crippen molar-refractivity contribution >= 4 is 23.3 Å². The molecule has 5 heteroatoms. The summed E-state index contributed by atoms with van der Waals surface area (Å²) in [6, 6.07) is 0. The number of methoxy groups -OCH3 is 1. The number of Topliss-reactive ketones (excluding diaryl/α,β-unsaturated/α-hetero) is 3. The van der Waals surface area contributed by atoms with Gasteiger partial charge in [-0.3, -0.25) is 19.2 Å². The normalized spacial score (nSPS) is 18.6. The number of carbonyl (C=O) groups excluding carboxylic acids is 4. The molecule has 0 radical (unpaired) electrons. The lowest BCUT2D eigenvalue weighted by molar-refractivity contribution is -0.145. The van der Waals surface area contributed by atoms with Gasteiger partial charge in [-0.2, -0.15) is 0 Å². The maximum absolute atomic E-state index is 12.0. The zero-order valence-corrected chi connectivity index (χ0v) is 13.1. The lowest BCUT2D eigenvalue weighted by atomic mass is 9.70. The van der Waals surface area contributed by atoms with E-state index in [0.29, 0.717) is 25.7 Å². The Morgan fingerprint density at radius 3 is 2.10 bits per heavy atom. The molecule has 0 aliphatic heterocycles. The molecule has 0 unspecified atom stereocenters. The van der Waals surface area contributed by atoms with E-state index < -0.39 is 5.92 Å². The highest BCUT2D eigenvalue weighted by molar-refractivity contribution is 6.20. The van der Waals surface area contributed by atoms with E-state index in [1.807, 2.05) is 13.8 Å². The number of ketones is 3. The van der Waals surface area contributed by atoms with E-state index in [4.69, 9.17) is 0 Å². The molecule has 1 aliphatic rings. The van der Waals surface area contributed by atoms with Crippen molar-refractivity contribution in [3.63, 3.8) is 0 Å². The van der Waals surface area contributed by atoms with E-state index in [2.05, 4.69) is 4.74 Å². The van der Waals surface area contributed by atoms with Gasteiger partial charge in [0.15, 0.2) is 17.3 Å². The van der Waals surface area contributed by atoms with E-state index in [1.165, 1.54) is 7.11 Å². The zero-order valence-electron chi connectivity index (χ0n) is 13.1. The Morgan fingerprint density at radius 2 is 1.57 bits per heavy atom. The smallest absolute Gasteiger partial charge is 0.305 e. The lowest BCUT2D eigenvalue weighted by Crippen LogP contribution is -2.41. The van der Waals surface area contributed by atoms with Crippen LogP contribution in [0.15, 0.2) is 0 Å². The molecule has 1 aliphatic carbocycles. The van der Waals surface area contributed by atoms with Gasteiger partial charge in [0.25, 0.3) is 0 Å². The van der Waals surface area contributed by atoms with Crippen LogP contribution in [0.5, 0.6) is 0 Å². The Labute approximate surface area is 125 Å². The molecule has 5 nitrogen and oxygen atoms in total. The van der Waals surface area contributed by atoms with Gasteiger partial charge in [0.2, 0.25) is 0 Å². The molecule has 0 saturated heterocycles. The first-order valence-electron chi connectivity index (χ1n) is 7.42. The summed E-state index contributed by atoms with van der Waals surface area (Å²) < 4.78 is 4.53. The van der Waals surface area contributed by atoms with Crippen molar-refractivity contribution in [1.29, 1.82) is 0 Å². The van der Waals surface area contributed by atoms with Crippen molar-refractivity contribution in [1.82, 2.24) is 0 Å². The minimum absolute atomic E-state index is 0.226.